The number of hydroxylamine groups is 2. The molecule has 0 bridgehead atoms. The van der Waals surface area contributed by atoms with Crippen LogP contribution in [0.5, 0.6) is 0 Å². The number of hydrogen-bond donors (Lipinski definition) is 3. The highest BCUT2D eigenvalue weighted by molar-refractivity contribution is 8.00. The molecule has 1 amide bonds. The Morgan fingerprint density at radius 3 is 2.61 bits per heavy atom. The lowest BCUT2D eigenvalue weighted by Crippen LogP contribution is -2.36. The topological polar surface area (TPSA) is 121 Å². The molecule has 0 aromatic carbocycles. The summed E-state index contributed by atoms with van der Waals surface area (Å²) in [5, 5.41) is 19.5. The van der Waals surface area contributed by atoms with Crippen molar-refractivity contribution in [1.82, 2.24) is 15.7 Å². The summed E-state index contributed by atoms with van der Waals surface area (Å²) in [4.78, 5) is 11.8. The van der Waals surface area contributed by atoms with Gasteiger partial charge in [0.05, 0.1) is 39.6 Å². The highest BCUT2D eigenvalue weighted by atomic mass is 32.2. The van der Waals surface area contributed by atoms with Crippen molar-refractivity contribution in [3.05, 3.63) is 5.21 Å². The van der Waals surface area contributed by atoms with E-state index in [4.69, 9.17) is 19.9 Å². The minimum absolute atomic E-state index is 0.0573. The van der Waals surface area contributed by atoms with Gasteiger partial charge in [0.15, 0.2) is 0 Å². The van der Waals surface area contributed by atoms with Crippen molar-refractivity contribution in [2.75, 3.05) is 65.2 Å². The number of carbonyl (C=O) groups is 1. The van der Waals surface area contributed by atoms with Crippen LogP contribution in [-0.4, -0.2) is 93.5 Å². The molecular formula is C18H35N4O5S-. The van der Waals surface area contributed by atoms with E-state index in [-0.39, 0.29) is 11.9 Å². The maximum absolute atomic E-state index is 11.8. The zero-order valence-electron chi connectivity index (χ0n) is 16.6. The molecule has 2 saturated heterocycles. The number of hydrogen-bond acceptors (Lipinski definition) is 9. The van der Waals surface area contributed by atoms with Crippen molar-refractivity contribution in [3.8, 4) is 0 Å². The van der Waals surface area contributed by atoms with E-state index in [0.717, 1.165) is 25.0 Å². The molecule has 0 saturated carbocycles. The monoisotopic (exact) mass is 419 g/mol. The molecule has 0 aliphatic carbocycles. The van der Waals surface area contributed by atoms with Crippen molar-refractivity contribution in [1.29, 1.82) is 0 Å². The molecule has 2 aliphatic rings. The summed E-state index contributed by atoms with van der Waals surface area (Å²) in [5.74, 6) is 1.07. The van der Waals surface area contributed by atoms with Gasteiger partial charge >= 0.3 is 0 Å². The van der Waals surface area contributed by atoms with Gasteiger partial charge in [-0.15, -0.1) is 0 Å². The zero-order valence-corrected chi connectivity index (χ0v) is 17.4. The van der Waals surface area contributed by atoms with E-state index in [9.17, 15) is 10.0 Å². The lowest BCUT2D eigenvalue weighted by Gasteiger charge is -2.32. The fourth-order valence-corrected chi connectivity index (χ4v) is 5.05. The number of rotatable bonds is 16. The van der Waals surface area contributed by atoms with Gasteiger partial charge in [-0.3, -0.25) is 10.1 Å². The van der Waals surface area contributed by atoms with Gasteiger partial charge in [-0.05, 0) is 12.8 Å². The maximum atomic E-state index is 11.8. The molecule has 0 aromatic heterocycles. The SMILES string of the molecule is NCCOCCOCCOCCNC(=O)CCCC[C@@H]1SC[C@@H]2NCN([O-])[C@@H]21. The minimum atomic E-state index is 0.0573. The normalized spacial score (nSPS) is 24.6. The van der Waals surface area contributed by atoms with Crippen LogP contribution in [0.1, 0.15) is 25.7 Å². The lowest BCUT2D eigenvalue weighted by atomic mass is 10.0. The minimum Gasteiger partial charge on any atom is -0.784 e. The number of ether oxygens (including phenoxy) is 3. The molecule has 2 aliphatic heterocycles. The summed E-state index contributed by atoms with van der Waals surface area (Å²) in [6.07, 6.45) is 3.36. The zero-order chi connectivity index (χ0) is 20.0. The van der Waals surface area contributed by atoms with E-state index in [1.807, 2.05) is 11.8 Å². The third-order valence-electron chi connectivity index (χ3n) is 4.84. The number of nitrogens with two attached hydrogens (primary N) is 1. The lowest BCUT2D eigenvalue weighted by molar-refractivity contribution is -0.121. The number of fused-ring (bicyclic) bond motifs is 1. The molecule has 0 radical (unpaired) electrons. The van der Waals surface area contributed by atoms with Gasteiger partial charge in [0.2, 0.25) is 5.91 Å². The second-order valence-electron chi connectivity index (χ2n) is 6.97. The summed E-state index contributed by atoms with van der Waals surface area (Å²) >= 11 is 1.88. The van der Waals surface area contributed by atoms with Gasteiger partial charge in [0, 0.05) is 49.3 Å². The van der Waals surface area contributed by atoms with Crippen LogP contribution in [0.3, 0.4) is 0 Å². The Balaban J connectivity index is 1.35. The molecule has 164 valence electrons. The molecule has 2 rings (SSSR count). The standard InChI is InChI=1S/C18H35N4O5S/c19-5-7-25-9-11-27-12-10-26-8-6-20-17(23)4-2-1-3-16-18-15(13-28-16)21-14-22(18)24/h15-16,18,21H,1-14,19H2,(H,20,23)/q-1/t15-,16-,18-/m0/s1. The summed E-state index contributed by atoms with van der Waals surface area (Å²) in [6, 6.07) is 0.448. The van der Waals surface area contributed by atoms with Crippen LogP contribution in [0.4, 0.5) is 0 Å². The first-order chi connectivity index (χ1) is 13.7. The van der Waals surface area contributed by atoms with Gasteiger partial charge < -0.3 is 35.5 Å². The van der Waals surface area contributed by atoms with E-state index in [1.54, 1.807) is 0 Å². The third-order valence-corrected chi connectivity index (χ3v) is 6.34. The van der Waals surface area contributed by atoms with Gasteiger partial charge in [0.1, 0.15) is 0 Å². The molecule has 28 heavy (non-hydrogen) atoms. The van der Waals surface area contributed by atoms with Crippen LogP contribution in [0.15, 0.2) is 0 Å². The first-order valence-electron chi connectivity index (χ1n) is 10.2. The van der Waals surface area contributed by atoms with Crippen molar-refractivity contribution in [2.45, 2.75) is 43.0 Å². The van der Waals surface area contributed by atoms with Gasteiger partial charge in [-0.1, -0.05) is 6.42 Å². The smallest absolute Gasteiger partial charge is 0.220 e. The number of thioether (sulfide) groups is 1. The number of carbonyl (C=O) groups excluding carboxylic acids is 1. The first kappa shape index (κ1) is 23.8. The highest BCUT2D eigenvalue weighted by Gasteiger charge is 2.40. The van der Waals surface area contributed by atoms with Crippen LogP contribution < -0.4 is 16.4 Å². The third kappa shape index (κ3) is 8.91. The molecule has 9 nitrogen and oxygen atoms in total. The molecule has 0 spiro atoms. The molecular weight excluding hydrogens is 384 g/mol. The Bertz CT molecular complexity index is 435. The second kappa shape index (κ2) is 14.5. The maximum Gasteiger partial charge on any atom is 0.220 e. The van der Waals surface area contributed by atoms with Gasteiger partial charge in [-0.25, -0.2) is 0 Å². The van der Waals surface area contributed by atoms with Gasteiger partial charge in [-0.2, -0.15) is 11.8 Å². The van der Waals surface area contributed by atoms with Crippen molar-refractivity contribution < 1.29 is 19.0 Å². The van der Waals surface area contributed by atoms with E-state index >= 15 is 0 Å². The largest absolute Gasteiger partial charge is 0.784 e. The fourth-order valence-electron chi connectivity index (χ4n) is 3.42. The van der Waals surface area contributed by atoms with Crippen LogP contribution in [-0.2, 0) is 19.0 Å². The number of amides is 1. The number of nitrogens with zero attached hydrogens (tertiary/aromatic N) is 1. The molecule has 2 heterocycles. The van der Waals surface area contributed by atoms with E-state index in [1.165, 1.54) is 5.06 Å². The van der Waals surface area contributed by atoms with Crippen LogP contribution in [0.2, 0.25) is 0 Å². The predicted molar refractivity (Wildman–Crippen MR) is 110 cm³/mol. The number of unbranched alkanes of at least 4 members (excludes halogenated alkanes) is 1. The van der Waals surface area contributed by atoms with Crippen LogP contribution in [0.25, 0.3) is 0 Å². The number of nitrogens with one attached hydrogen (secondary N) is 2. The second-order valence-corrected chi connectivity index (χ2v) is 8.24. The highest BCUT2D eigenvalue weighted by Crippen LogP contribution is 2.36. The Labute approximate surface area is 172 Å². The van der Waals surface area contributed by atoms with Crippen molar-refractivity contribution in [2.24, 2.45) is 5.73 Å². The molecule has 2 fully saturated rings. The first-order valence-corrected chi connectivity index (χ1v) is 11.3. The van der Waals surface area contributed by atoms with Crippen LogP contribution >= 0.6 is 11.8 Å². The summed E-state index contributed by atoms with van der Waals surface area (Å²) < 4.78 is 15.9. The summed E-state index contributed by atoms with van der Waals surface area (Å²) in [6.45, 7) is 4.60. The molecule has 0 aromatic rings. The average molecular weight is 420 g/mol. The van der Waals surface area contributed by atoms with Crippen molar-refractivity contribution >= 4 is 17.7 Å². The summed E-state index contributed by atoms with van der Waals surface area (Å²) in [5.41, 5.74) is 5.31. The summed E-state index contributed by atoms with van der Waals surface area (Å²) in [7, 11) is 0. The fraction of sp³-hybridized carbons (Fsp3) is 0.944. The molecule has 10 heteroatoms. The van der Waals surface area contributed by atoms with E-state index < -0.39 is 0 Å². The Morgan fingerprint density at radius 1 is 1.14 bits per heavy atom. The van der Waals surface area contributed by atoms with E-state index in [0.29, 0.717) is 77.1 Å². The molecule has 3 atom stereocenters. The van der Waals surface area contributed by atoms with E-state index in [2.05, 4.69) is 10.6 Å². The Hall–Kier alpha value is -0.460. The molecule has 0 unspecified atom stereocenters. The van der Waals surface area contributed by atoms with Crippen LogP contribution in [0, 0.1) is 5.21 Å². The molecule has 4 N–H and O–H groups in total. The quantitative estimate of drug-likeness (QED) is 0.294. The van der Waals surface area contributed by atoms with Crippen molar-refractivity contribution in [3.63, 3.8) is 0 Å². The average Bonchev–Trinajstić information content (AvgIpc) is 3.26. The Morgan fingerprint density at radius 2 is 1.86 bits per heavy atom. The Kier molecular flexibility index (Phi) is 12.3. The predicted octanol–water partition coefficient (Wildman–Crippen LogP) is -0.115. The van der Waals surface area contributed by atoms with Gasteiger partial charge in [0.25, 0.3) is 0 Å².